The summed E-state index contributed by atoms with van der Waals surface area (Å²) in [4.78, 5) is 37.2. The molecule has 2 fully saturated rings. The fraction of sp³-hybridized carbons (Fsp3) is 0.357. The second-order valence-electron chi connectivity index (χ2n) is 5.35. The van der Waals surface area contributed by atoms with Crippen LogP contribution in [0, 0.1) is 0 Å². The van der Waals surface area contributed by atoms with Crippen molar-refractivity contribution in [2.45, 2.75) is 18.5 Å². The number of carbonyl (C=O) groups is 3. The van der Waals surface area contributed by atoms with Crippen LogP contribution in [0.2, 0.25) is 0 Å². The van der Waals surface area contributed by atoms with Gasteiger partial charge in [-0.05, 0) is 24.6 Å². The number of imide groups is 1. The standard InChI is InChI=1S/C14H16N4O3/c15-11(19)10-4-2-1-3-9(10)7-18-12(20)14(17-13(18)21)5-6-16-8-14/h1-4,16H,5-8H2,(H2,15,19)(H,17,21). The van der Waals surface area contributed by atoms with Crippen LogP contribution in [0.25, 0.3) is 0 Å². The summed E-state index contributed by atoms with van der Waals surface area (Å²) in [6, 6.07) is 6.29. The summed E-state index contributed by atoms with van der Waals surface area (Å²) < 4.78 is 0. The molecular formula is C14H16N4O3. The van der Waals surface area contributed by atoms with Gasteiger partial charge in [-0.25, -0.2) is 4.79 Å². The number of urea groups is 1. The van der Waals surface area contributed by atoms with Gasteiger partial charge in [-0.3, -0.25) is 14.5 Å². The van der Waals surface area contributed by atoms with Gasteiger partial charge in [0.2, 0.25) is 5.91 Å². The lowest BCUT2D eigenvalue weighted by molar-refractivity contribution is -0.131. The van der Waals surface area contributed by atoms with Crippen LogP contribution >= 0.6 is 0 Å². The van der Waals surface area contributed by atoms with Gasteiger partial charge in [0.1, 0.15) is 5.54 Å². The summed E-state index contributed by atoms with van der Waals surface area (Å²) in [5, 5.41) is 5.84. The molecule has 21 heavy (non-hydrogen) atoms. The average molecular weight is 288 g/mol. The first kappa shape index (κ1) is 13.6. The van der Waals surface area contributed by atoms with E-state index in [0.717, 1.165) is 4.90 Å². The molecule has 7 nitrogen and oxygen atoms in total. The molecule has 2 heterocycles. The molecular weight excluding hydrogens is 272 g/mol. The highest BCUT2D eigenvalue weighted by Crippen LogP contribution is 2.26. The van der Waals surface area contributed by atoms with Crippen LogP contribution in [-0.4, -0.2) is 41.4 Å². The minimum atomic E-state index is -0.835. The third-order valence-electron chi connectivity index (χ3n) is 4.01. The van der Waals surface area contributed by atoms with E-state index in [1.165, 1.54) is 0 Å². The van der Waals surface area contributed by atoms with Gasteiger partial charge in [0.25, 0.3) is 5.91 Å². The predicted molar refractivity (Wildman–Crippen MR) is 74.3 cm³/mol. The molecule has 4 amide bonds. The monoisotopic (exact) mass is 288 g/mol. The third kappa shape index (κ3) is 2.15. The number of benzene rings is 1. The summed E-state index contributed by atoms with van der Waals surface area (Å²) in [6.45, 7) is 1.18. The fourth-order valence-electron chi connectivity index (χ4n) is 2.87. The van der Waals surface area contributed by atoms with Crippen molar-refractivity contribution in [2.75, 3.05) is 13.1 Å². The quantitative estimate of drug-likeness (QED) is 0.656. The van der Waals surface area contributed by atoms with Crippen LogP contribution in [0.15, 0.2) is 24.3 Å². The van der Waals surface area contributed by atoms with E-state index in [1.54, 1.807) is 24.3 Å². The lowest BCUT2D eigenvalue weighted by Crippen LogP contribution is -2.48. The molecule has 110 valence electrons. The lowest BCUT2D eigenvalue weighted by Gasteiger charge is -2.19. The molecule has 4 N–H and O–H groups in total. The van der Waals surface area contributed by atoms with E-state index in [9.17, 15) is 14.4 Å². The van der Waals surface area contributed by atoms with Crippen molar-refractivity contribution in [1.29, 1.82) is 0 Å². The number of hydrogen-bond donors (Lipinski definition) is 3. The molecule has 0 bridgehead atoms. The minimum absolute atomic E-state index is 0.0472. The zero-order valence-electron chi connectivity index (χ0n) is 11.4. The van der Waals surface area contributed by atoms with Gasteiger partial charge in [0.15, 0.2) is 0 Å². The van der Waals surface area contributed by atoms with Crippen LogP contribution < -0.4 is 16.4 Å². The summed E-state index contributed by atoms with van der Waals surface area (Å²) in [6.07, 6.45) is 0.575. The maximum Gasteiger partial charge on any atom is 0.325 e. The second-order valence-corrected chi connectivity index (χ2v) is 5.35. The van der Waals surface area contributed by atoms with Gasteiger partial charge in [0.05, 0.1) is 6.54 Å². The molecule has 1 aromatic rings. The van der Waals surface area contributed by atoms with Crippen molar-refractivity contribution in [3.8, 4) is 0 Å². The SMILES string of the molecule is NC(=O)c1ccccc1CN1C(=O)NC2(CCNC2)C1=O. The Bertz CT molecular complexity index is 622. The van der Waals surface area contributed by atoms with Crippen molar-refractivity contribution in [1.82, 2.24) is 15.5 Å². The van der Waals surface area contributed by atoms with E-state index >= 15 is 0 Å². The zero-order valence-corrected chi connectivity index (χ0v) is 11.4. The van der Waals surface area contributed by atoms with E-state index in [-0.39, 0.29) is 12.5 Å². The molecule has 1 atom stereocenters. The van der Waals surface area contributed by atoms with E-state index in [0.29, 0.717) is 30.6 Å². The van der Waals surface area contributed by atoms with Crippen molar-refractivity contribution in [2.24, 2.45) is 5.73 Å². The van der Waals surface area contributed by atoms with E-state index in [1.807, 2.05) is 0 Å². The number of carbonyl (C=O) groups excluding carboxylic acids is 3. The van der Waals surface area contributed by atoms with Gasteiger partial charge in [-0.15, -0.1) is 0 Å². The summed E-state index contributed by atoms with van der Waals surface area (Å²) in [7, 11) is 0. The van der Waals surface area contributed by atoms with Crippen molar-refractivity contribution in [3.63, 3.8) is 0 Å². The molecule has 0 aliphatic carbocycles. The number of nitrogens with zero attached hydrogens (tertiary/aromatic N) is 1. The van der Waals surface area contributed by atoms with Crippen LogP contribution in [-0.2, 0) is 11.3 Å². The first-order valence-corrected chi connectivity index (χ1v) is 6.76. The van der Waals surface area contributed by atoms with Gasteiger partial charge < -0.3 is 16.4 Å². The molecule has 0 aromatic heterocycles. The van der Waals surface area contributed by atoms with Crippen LogP contribution in [0.1, 0.15) is 22.3 Å². The average Bonchev–Trinajstić information content (AvgIpc) is 3.01. The Balaban J connectivity index is 1.87. The second kappa shape index (κ2) is 4.85. The lowest BCUT2D eigenvalue weighted by atomic mass is 9.98. The predicted octanol–water partition coefficient (Wildman–Crippen LogP) is -0.431. The smallest absolute Gasteiger partial charge is 0.325 e. The Morgan fingerprint density at radius 1 is 1.33 bits per heavy atom. The highest BCUT2D eigenvalue weighted by atomic mass is 16.2. The normalized spacial score (nSPS) is 24.7. The Kier molecular flexibility index (Phi) is 3.13. The largest absolute Gasteiger partial charge is 0.366 e. The zero-order chi connectivity index (χ0) is 15.0. The molecule has 2 saturated heterocycles. The number of primary amides is 1. The third-order valence-corrected chi connectivity index (χ3v) is 4.01. The van der Waals surface area contributed by atoms with Gasteiger partial charge in [0, 0.05) is 12.1 Å². The number of rotatable bonds is 3. The maximum absolute atomic E-state index is 12.5. The molecule has 2 aliphatic heterocycles. The number of hydrogen-bond acceptors (Lipinski definition) is 4. The summed E-state index contributed by atoms with van der Waals surface area (Å²) in [5.41, 5.74) is 5.38. The first-order chi connectivity index (χ1) is 10.0. The first-order valence-electron chi connectivity index (χ1n) is 6.76. The van der Waals surface area contributed by atoms with Crippen LogP contribution in [0.5, 0.6) is 0 Å². The summed E-state index contributed by atoms with van der Waals surface area (Å²) >= 11 is 0. The Morgan fingerprint density at radius 3 is 2.76 bits per heavy atom. The van der Waals surface area contributed by atoms with Crippen molar-refractivity contribution < 1.29 is 14.4 Å². The molecule has 1 spiro atoms. The Hall–Kier alpha value is -2.41. The molecule has 3 rings (SSSR count). The number of amides is 4. The molecule has 0 radical (unpaired) electrons. The molecule has 1 aromatic carbocycles. The van der Waals surface area contributed by atoms with Gasteiger partial charge >= 0.3 is 6.03 Å². The molecule has 1 unspecified atom stereocenters. The number of nitrogens with two attached hydrogens (primary N) is 1. The van der Waals surface area contributed by atoms with E-state index in [4.69, 9.17) is 5.73 Å². The highest BCUT2D eigenvalue weighted by Gasteiger charge is 2.52. The topological polar surface area (TPSA) is 105 Å². The highest BCUT2D eigenvalue weighted by molar-refractivity contribution is 6.07. The minimum Gasteiger partial charge on any atom is -0.366 e. The fourth-order valence-corrected chi connectivity index (χ4v) is 2.87. The van der Waals surface area contributed by atoms with Crippen molar-refractivity contribution >= 4 is 17.8 Å². The molecule has 2 aliphatic rings. The summed E-state index contributed by atoms with van der Waals surface area (Å²) in [5.74, 6) is -0.827. The maximum atomic E-state index is 12.5. The van der Waals surface area contributed by atoms with Gasteiger partial charge in [-0.1, -0.05) is 18.2 Å². The van der Waals surface area contributed by atoms with E-state index < -0.39 is 17.5 Å². The van der Waals surface area contributed by atoms with E-state index in [2.05, 4.69) is 10.6 Å². The molecule has 7 heteroatoms. The van der Waals surface area contributed by atoms with Crippen LogP contribution in [0.3, 0.4) is 0 Å². The van der Waals surface area contributed by atoms with Crippen molar-refractivity contribution in [3.05, 3.63) is 35.4 Å². The van der Waals surface area contributed by atoms with Crippen LogP contribution in [0.4, 0.5) is 4.79 Å². The molecule has 0 saturated carbocycles. The van der Waals surface area contributed by atoms with Gasteiger partial charge in [-0.2, -0.15) is 0 Å². The number of nitrogens with one attached hydrogen (secondary N) is 2. The Labute approximate surface area is 121 Å². The Morgan fingerprint density at radius 2 is 2.10 bits per heavy atom.